The number of rotatable bonds is 6. The van der Waals surface area contributed by atoms with E-state index in [1.807, 2.05) is 13.8 Å². The number of thiazole rings is 1. The Kier molecular flexibility index (Phi) is 4.89. The van der Waals surface area contributed by atoms with Crippen molar-refractivity contribution in [2.24, 2.45) is 5.92 Å². The van der Waals surface area contributed by atoms with Crippen LogP contribution in [0, 0.1) is 12.8 Å². The van der Waals surface area contributed by atoms with Gasteiger partial charge in [0.1, 0.15) is 0 Å². The number of hydrogen-bond donors (Lipinski definition) is 2. The Labute approximate surface area is 102 Å². The minimum atomic E-state index is -0.626. The zero-order chi connectivity index (χ0) is 12.2. The van der Waals surface area contributed by atoms with E-state index in [0.29, 0.717) is 12.5 Å². The van der Waals surface area contributed by atoms with Crippen LogP contribution in [0.25, 0.3) is 0 Å². The summed E-state index contributed by atoms with van der Waals surface area (Å²) in [5.74, 6) is 0.512. The third kappa shape index (κ3) is 5.05. The standard InChI is InChI=1S/C12H22N2OS/c1-9(2)5-12(4,15)8-13-6-11-7-16-10(3)14-11/h7,9,13,15H,5-6,8H2,1-4H3. The molecule has 0 radical (unpaired) electrons. The third-order valence-electron chi connectivity index (χ3n) is 2.33. The molecule has 92 valence electrons. The highest BCUT2D eigenvalue weighted by Crippen LogP contribution is 2.15. The fourth-order valence-electron chi connectivity index (χ4n) is 1.90. The molecular weight excluding hydrogens is 220 g/mol. The average Bonchev–Trinajstić information content (AvgIpc) is 2.48. The van der Waals surface area contributed by atoms with Crippen LogP contribution in [0.4, 0.5) is 0 Å². The van der Waals surface area contributed by atoms with Crippen molar-refractivity contribution in [2.45, 2.75) is 46.3 Å². The van der Waals surface area contributed by atoms with Crippen molar-refractivity contribution in [3.05, 3.63) is 16.1 Å². The maximum absolute atomic E-state index is 10.1. The molecule has 1 unspecified atom stereocenters. The number of aromatic nitrogens is 1. The predicted octanol–water partition coefficient (Wildman–Crippen LogP) is 2.34. The van der Waals surface area contributed by atoms with E-state index in [1.54, 1.807) is 11.3 Å². The third-order valence-corrected chi connectivity index (χ3v) is 3.15. The van der Waals surface area contributed by atoms with Crippen LogP contribution in [-0.4, -0.2) is 22.2 Å². The molecule has 3 nitrogen and oxygen atoms in total. The van der Waals surface area contributed by atoms with Gasteiger partial charge in [0.2, 0.25) is 0 Å². The Morgan fingerprint density at radius 1 is 1.56 bits per heavy atom. The van der Waals surface area contributed by atoms with E-state index in [0.717, 1.165) is 23.7 Å². The minimum Gasteiger partial charge on any atom is -0.389 e. The van der Waals surface area contributed by atoms with Crippen molar-refractivity contribution in [1.29, 1.82) is 0 Å². The first kappa shape index (κ1) is 13.6. The molecule has 1 heterocycles. The van der Waals surface area contributed by atoms with Crippen molar-refractivity contribution < 1.29 is 5.11 Å². The molecular formula is C12H22N2OS. The lowest BCUT2D eigenvalue weighted by molar-refractivity contribution is 0.0383. The van der Waals surface area contributed by atoms with Gasteiger partial charge in [-0.15, -0.1) is 11.3 Å². The Morgan fingerprint density at radius 3 is 2.75 bits per heavy atom. The molecule has 0 aliphatic rings. The fraction of sp³-hybridized carbons (Fsp3) is 0.750. The summed E-state index contributed by atoms with van der Waals surface area (Å²) in [7, 11) is 0. The van der Waals surface area contributed by atoms with Crippen LogP contribution in [-0.2, 0) is 6.54 Å². The van der Waals surface area contributed by atoms with Crippen LogP contribution in [0.3, 0.4) is 0 Å². The largest absolute Gasteiger partial charge is 0.389 e. The van der Waals surface area contributed by atoms with Gasteiger partial charge in [-0.3, -0.25) is 0 Å². The molecule has 4 heteroatoms. The first-order valence-corrected chi connectivity index (χ1v) is 6.61. The summed E-state index contributed by atoms with van der Waals surface area (Å²) < 4.78 is 0. The zero-order valence-electron chi connectivity index (χ0n) is 10.6. The molecule has 0 aliphatic heterocycles. The summed E-state index contributed by atoms with van der Waals surface area (Å²) in [6.07, 6.45) is 0.816. The molecule has 16 heavy (non-hydrogen) atoms. The minimum absolute atomic E-state index is 0.512. The monoisotopic (exact) mass is 242 g/mol. The van der Waals surface area contributed by atoms with Gasteiger partial charge in [0.15, 0.2) is 0 Å². The van der Waals surface area contributed by atoms with Crippen molar-refractivity contribution >= 4 is 11.3 Å². The van der Waals surface area contributed by atoms with Crippen molar-refractivity contribution in [2.75, 3.05) is 6.54 Å². The zero-order valence-corrected chi connectivity index (χ0v) is 11.4. The number of hydrogen-bond acceptors (Lipinski definition) is 4. The van der Waals surface area contributed by atoms with E-state index in [-0.39, 0.29) is 0 Å². The lowest BCUT2D eigenvalue weighted by Crippen LogP contribution is -2.38. The molecule has 1 rings (SSSR count). The average molecular weight is 242 g/mol. The molecule has 0 amide bonds. The van der Waals surface area contributed by atoms with Gasteiger partial charge in [-0.25, -0.2) is 4.98 Å². The molecule has 0 saturated carbocycles. The summed E-state index contributed by atoms with van der Waals surface area (Å²) in [6.45, 7) is 9.48. The Balaban J connectivity index is 2.29. The Hall–Kier alpha value is -0.450. The molecule has 1 aromatic heterocycles. The van der Waals surface area contributed by atoms with Gasteiger partial charge < -0.3 is 10.4 Å². The van der Waals surface area contributed by atoms with Crippen LogP contribution in [0.5, 0.6) is 0 Å². The lowest BCUT2D eigenvalue weighted by atomic mass is 9.94. The molecule has 1 atom stereocenters. The summed E-state index contributed by atoms with van der Waals surface area (Å²) in [5, 5.41) is 16.5. The molecule has 2 N–H and O–H groups in total. The Bertz CT molecular complexity index is 321. The predicted molar refractivity (Wildman–Crippen MR) is 68.6 cm³/mol. The highest BCUT2D eigenvalue weighted by Gasteiger charge is 2.21. The summed E-state index contributed by atoms with van der Waals surface area (Å²) >= 11 is 1.66. The van der Waals surface area contributed by atoms with Crippen molar-refractivity contribution in [3.8, 4) is 0 Å². The number of aryl methyl sites for hydroxylation is 1. The van der Waals surface area contributed by atoms with Crippen LogP contribution < -0.4 is 5.32 Å². The topological polar surface area (TPSA) is 45.2 Å². The molecule has 0 fully saturated rings. The van der Waals surface area contributed by atoms with Crippen LogP contribution in [0.15, 0.2) is 5.38 Å². The highest BCUT2D eigenvalue weighted by atomic mass is 32.1. The van der Waals surface area contributed by atoms with Gasteiger partial charge in [-0.1, -0.05) is 13.8 Å². The van der Waals surface area contributed by atoms with Crippen LogP contribution >= 0.6 is 11.3 Å². The first-order chi connectivity index (χ1) is 7.39. The van der Waals surface area contributed by atoms with Crippen LogP contribution in [0.1, 0.15) is 37.9 Å². The van der Waals surface area contributed by atoms with E-state index in [2.05, 4.69) is 29.5 Å². The van der Waals surface area contributed by atoms with Gasteiger partial charge in [0.25, 0.3) is 0 Å². The fourth-order valence-corrected chi connectivity index (χ4v) is 2.51. The quantitative estimate of drug-likeness (QED) is 0.805. The smallest absolute Gasteiger partial charge is 0.0897 e. The van der Waals surface area contributed by atoms with E-state index in [9.17, 15) is 5.11 Å². The molecule has 0 bridgehead atoms. The maximum atomic E-state index is 10.1. The van der Waals surface area contributed by atoms with Crippen molar-refractivity contribution in [3.63, 3.8) is 0 Å². The summed E-state index contributed by atoms with van der Waals surface area (Å²) in [4.78, 5) is 4.37. The molecule has 0 spiro atoms. The normalized spacial score (nSPS) is 15.4. The van der Waals surface area contributed by atoms with Crippen molar-refractivity contribution in [1.82, 2.24) is 10.3 Å². The number of aliphatic hydroxyl groups is 1. The van der Waals surface area contributed by atoms with Gasteiger partial charge in [0, 0.05) is 18.5 Å². The van der Waals surface area contributed by atoms with Gasteiger partial charge in [0.05, 0.1) is 16.3 Å². The molecule has 0 aliphatic carbocycles. The van der Waals surface area contributed by atoms with Crippen LogP contribution in [0.2, 0.25) is 0 Å². The molecule has 1 aromatic rings. The first-order valence-electron chi connectivity index (χ1n) is 5.73. The van der Waals surface area contributed by atoms with Gasteiger partial charge in [-0.05, 0) is 26.2 Å². The van der Waals surface area contributed by atoms with Gasteiger partial charge >= 0.3 is 0 Å². The number of nitrogens with zero attached hydrogens (tertiary/aromatic N) is 1. The maximum Gasteiger partial charge on any atom is 0.0897 e. The lowest BCUT2D eigenvalue weighted by Gasteiger charge is -2.25. The molecule has 0 saturated heterocycles. The second kappa shape index (κ2) is 5.75. The van der Waals surface area contributed by atoms with E-state index < -0.39 is 5.60 Å². The number of nitrogens with one attached hydrogen (secondary N) is 1. The van der Waals surface area contributed by atoms with E-state index in [1.165, 1.54) is 0 Å². The van der Waals surface area contributed by atoms with E-state index >= 15 is 0 Å². The van der Waals surface area contributed by atoms with E-state index in [4.69, 9.17) is 0 Å². The highest BCUT2D eigenvalue weighted by molar-refractivity contribution is 7.09. The molecule has 0 aromatic carbocycles. The second-order valence-electron chi connectivity index (χ2n) is 5.06. The summed E-state index contributed by atoms with van der Waals surface area (Å²) in [5.41, 5.74) is 0.432. The summed E-state index contributed by atoms with van der Waals surface area (Å²) in [6, 6.07) is 0. The Morgan fingerprint density at radius 2 is 2.25 bits per heavy atom. The van der Waals surface area contributed by atoms with Gasteiger partial charge in [-0.2, -0.15) is 0 Å². The second-order valence-corrected chi connectivity index (χ2v) is 6.12. The SMILES string of the molecule is Cc1nc(CNCC(C)(O)CC(C)C)cs1.